The number of amides is 2. The zero-order valence-corrected chi connectivity index (χ0v) is 17.8. The molecule has 0 saturated carbocycles. The number of thioether (sulfide) groups is 1. The summed E-state index contributed by atoms with van der Waals surface area (Å²) in [4.78, 5) is 27.3. The van der Waals surface area contributed by atoms with Gasteiger partial charge in [0.2, 0.25) is 11.8 Å². The molecule has 0 aliphatic heterocycles. The molecular formula is C23H30N2O2S. The van der Waals surface area contributed by atoms with E-state index in [-0.39, 0.29) is 11.8 Å². The lowest BCUT2D eigenvalue weighted by molar-refractivity contribution is -0.139. The zero-order valence-electron chi connectivity index (χ0n) is 17.0. The Labute approximate surface area is 172 Å². The van der Waals surface area contributed by atoms with Crippen LogP contribution in [0, 0.1) is 6.92 Å². The highest BCUT2D eigenvalue weighted by atomic mass is 32.2. The van der Waals surface area contributed by atoms with Crippen molar-refractivity contribution in [1.82, 2.24) is 10.2 Å². The van der Waals surface area contributed by atoms with Crippen molar-refractivity contribution in [2.45, 2.75) is 45.5 Å². The quantitative estimate of drug-likeness (QED) is 0.653. The van der Waals surface area contributed by atoms with E-state index < -0.39 is 6.04 Å². The van der Waals surface area contributed by atoms with Crippen LogP contribution in [0.2, 0.25) is 0 Å². The summed E-state index contributed by atoms with van der Waals surface area (Å²) >= 11 is 1.59. The number of hydrogen-bond donors (Lipinski definition) is 1. The number of nitrogens with zero attached hydrogens (tertiary/aromatic N) is 1. The summed E-state index contributed by atoms with van der Waals surface area (Å²) in [7, 11) is 0. The molecule has 150 valence electrons. The monoisotopic (exact) mass is 398 g/mol. The zero-order chi connectivity index (χ0) is 20.4. The van der Waals surface area contributed by atoms with Gasteiger partial charge in [0.1, 0.15) is 6.04 Å². The van der Waals surface area contributed by atoms with E-state index in [4.69, 9.17) is 0 Å². The Bertz CT molecular complexity index is 747. The number of nitrogens with one attached hydrogen (secondary N) is 1. The van der Waals surface area contributed by atoms with Crippen molar-refractivity contribution in [3.63, 3.8) is 0 Å². The van der Waals surface area contributed by atoms with Gasteiger partial charge >= 0.3 is 0 Å². The Hall–Kier alpha value is -2.27. The Kier molecular flexibility index (Phi) is 9.08. The molecule has 2 aromatic carbocycles. The average Bonchev–Trinajstić information content (AvgIpc) is 2.70. The van der Waals surface area contributed by atoms with E-state index in [0.717, 1.165) is 11.3 Å². The van der Waals surface area contributed by atoms with E-state index in [1.165, 1.54) is 11.1 Å². The van der Waals surface area contributed by atoms with Gasteiger partial charge in [0.25, 0.3) is 0 Å². The number of likely N-dealkylation sites (N-methyl/N-ethyl adjacent to an activating group) is 1. The Morgan fingerprint density at radius 1 is 1.00 bits per heavy atom. The van der Waals surface area contributed by atoms with Gasteiger partial charge in [0, 0.05) is 18.8 Å². The maximum absolute atomic E-state index is 13.0. The molecule has 0 heterocycles. The molecule has 0 saturated heterocycles. The van der Waals surface area contributed by atoms with E-state index >= 15 is 0 Å². The van der Waals surface area contributed by atoms with Gasteiger partial charge in [-0.25, -0.2) is 0 Å². The maximum Gasteiger partial charge on any atom is 0.242 e. The highest BCUT2D eigenvalue weighted by molar-refractivity contribution is 7.99. The molecule has 5 heteroatoms. The third-order valence-electron chi connectivity index (χ3n) is 4.55. The normalized spacial score (nSPS) is 11.7. The molecule has 4 nitrogen and oxygen atoms in total. The van der Waals surface area contributed by atoms with E-state index in [0.29, 0.717) is 25.3 Å². The van der Waals surface area contributed by atoms with Crippen molar-refractivity contribution in [1.29, 1.82) is 0 Å². The van der Waals surface area contributed by atoms with Crippen LogP contribution in [0.15, 0.2) is 54.6 Å². The molecule has 2 aromatic rings. The molecular weight excluding hydrogens is 368 g/mol. The van der Waals surface area contributed by atoms with Crippen LogP contribution < -0.4 is 5.32 Å². The van der Waals surface area contributed by atoms with Gasteiger partial charge in [-0.1, -0.05) is 67.1 Å². The van der Waals surface area contributed by atoms with Crippen LogP contribution in [0.3, 0.4) is 0 Å². The standard InChI is InChI=1S/C23H30N2O2S/c1-4-21(23(27)24-5-2)25(15-19-13-11-18(3)12-14-19)22(26)17-28-16-20-9-7-6-8-10-20/h6-14,21H,4-5,15-17H2,1-3H3,(H,24,27)/t21-/m0/s1. The molecule has 2 amide bonds. The lowest BCUT2D eigenvalue weighted by Gasteiger charge is -2.30. The van der Waals surface area contributed by atoms with Gasteiger partial charge < -0.3 is 10.2 Å². The van der Waals surface area contributed by atoms with Crippen LogP contribution in [0.1, 0.15) is 37.0 Å². The van der Waals surface area contributed by atoms with Crippen molar-refractivity contribution in [2.24, 2.45) is 0 Å². The first-order chi connectivity index (χ1) is 13.5. The summed E-state index contributed by atoms with van der Waals surface area (Å²) in [6, 6.07) is 17.8. The van der Waals surface area contributed by atoms with Crippen molar-refractivity contribution < 1.29 is 9.59 Å². The second kappa shape index (κ2) is 11.5. The van der Waals surface area contributed by atoms with Gasteiger partial charge in [0.05, 0.1) is 5.75 Å². The minimum Gasteiger partial charge on any atom is -0.355 e. The molecule has 0 aliphatic rings. The summed E-state index contributed by atoms with van der Waals surface area (Å²) < 4.78 is 0. The molecule has 0 unspecified atom stereocenters. The van der Waals surface area contributed by atoms with E-state index in [2.05, 4.69) is 17.4 Å². The van der Waals surface area contributed by atoms with Gasteiger partial charge in [-0.15, -0.1) is 11.8 Å². The largest absolute Gasteiger partial charge is 0.355 e. The minimum absolute atomic E-state index is 0.000362. The molecule has 0 spiro atoms. The van der Waals surface area contributed by atoms with E-state index in [9.17, 15) is 9.59 Å². The molecule has 0 fully saturated rings. The lowest BCUT2D eigenvalue weighted by atomic mass is 10.1. The smallest absolute Gasteiger partial charge is 0.242 e. The molecule has 28 heavy (non-hydrogen) atoms. The summed E-state index contributed by atoms with van der Waals surface area (Å²) in [6.07, 6.45) is 0.590. The van der Waals surface area contributed by atoms with Gasteiger partial charge in [-0.3, -0.25) is 9.59 Å². The third kappa shape index (κ3) is 6.71. The second-order valence-corrected chi connectivity index (χ2v) is 7.79. The van der Waals surface area contributed by atoms with Crippen LogP contribution in [-0.4, -0.2) is 35.1 Å². The maximum atomic E-state index is 13.0. The van der Waals surface area contributed by atoms with Crippen LogP contribution >= 0.6 is 11.8 Å². The molecule has 0 radical (unpaired) electrons. The number of carbonyl (C=O) groups is 2. The number of hydrogen-bond acceptors (Lipinski definition) is 3. The van der Waals surface area contributed by atoms with Gasteiger partial charge in [0.15, 0.2) is 0 Å². The number of rotatable bonds is 10. The molecule has 1 atom stereocenters. The number of aryl methyl sites for hydroxylation is 1. The third-order valence-corrected chi connectivity index (χ3v) is 5.54. The predicted molar refractivity (Wildman–Crippen MR) is 117 cm³/mol. The molecule has 0 aliphatic carbocycles. The van der Waals surface area contributed by atoms with Crippen molar-refractivity contribution >= 4 is 23.6 Å². The van der Waals surface area contributed by atoms with Crippen LogP contribution in [0.5, 0.6) is 0 Å². The second-order valence-electron chi connectivity index (χ2n) is 6.80. The topological polar surface area (TPSA) is 49.4 Å². The van der Waals surface area contributed by atoms with Gasteiger partial charge in [-0.05, 0) is 31.4 Å². The molecule has 2 rings (SSSR count). The van der Waals surface area contributed by atoms with Crippen LogP contribution in [0.4, 0.5) is 0 Å². The molecule has 0 aromatic heterocycles. The van der Waals surface area contributed by atoms with Crippen LogP contribution in [0.25, 0.3) is 0 Å². The fraction of sp³-hybridized carbons (Fsp3) is 0.391. The average molecular weight is 399 g/mol. The summed E-state index contributed by atoms with van der Waals surface area (Å²) in [6.45, 7) is 6.89. The highest BCUT2D eigenvalue weighted by Crippen LogP contribution is 2.17. The first kappa shape index (κ1) is 22.0. The van der Waals surface area contributed by atoms with Crippen molar-refractivity contribution in [3.05, 3.63) is 71.3 Å². The van der Waals surface area contributed by atoms with Gasteiger partial charge in [-0.2, -0.15) is 0 Å². The van der Waals surface area contributed by atoms with Crippen molar-refractivity contribution in [3.8, 4) is 0 Å². The van der Waals surface area contributed by atoms with E-state index in [1.807, 2.05) is 63.2 Å². The fourth-order valence-electron chi connectivity index (χ4n) is 3.02. The highest BCUT2D eigenvalue weighted by Gasteiger charge is 2.28. The molecule has 0 bridgehead atoms. The Morgan fingerprint density at radius 2 is 1.68 bits per heavy atom. The summed E-state index contributed by atoms with van der Waals surface area (Å²) in [5, 5.41) is 2.87. The molecule has 1 N–H and O–H groups in total. The minimum atomic E-state index is -0.453. The summed E-state index contributed by atoms with van der Waals surface area (Å²) in [5.74, 6) is 1.05. The number of benzene rings is 2. The first-order valence-electron chi connectivity index (χ1n) is 9.79. The summed E-state index contributed by atoms with van der Waals surface area (Å²) in [5.41, 5.74) is 3.41. The van der Waals surface area contributed by atoms with Crippen LogP contribution in [-0.2, 0) is 21.9 Å². The van der Waals surface area contributed by atoms with Crippen molar-refractivity contribution in [2.75, 3.05) is 12.3 Å². The van der Waals surface area contributed by atoms with E-state index in [1.54, 1.807) is 16.7 Å². The Morgan fingerprint density at radius 3 is 2.29 bits per heavy atom. The lowest BCUT2D eigenvalue weighted by Crippen LogP contribution is -2.49. The first-order valence-corrected chi connectivity index (χ1v) is 10.9. The number of carbonyl (C=O) groups excluding carboxylic acids is 2. The Balaban J connectivity index is 2.09. The SMILES string of the molecule is CCNC(=O)[C@H](CC)N(Cc1ccc(C)cc1)C(=O)CSCc1ccccc1. The fourth-order valence-corrected chi connectivity index (χ4v) is 3.89. The predicted octanol–water partition coefficient (Wildman–Crippen LogP) is 4.17.